The van der Waals surface area contributed by atoms with Crippen molar-refractivity contribution in [2.75, 3.05) is 0 Å². The van der Waals surface area contributed by atoms with Crippen molar-refractivity contribution in [2.24, 2.45) is 0 Å². The van der Waals surface area contributed by atoms with Gasteiger partial charge in [-0.05, 0) is 91.0 Å². The van der Waals surface area contributed by atoms with Gasteiger partial charge in [0.1, 0.15) is 22.3 Å². The Kier molecular flexibility index (Phi) is 8.93. The van der Waals surface area contributed by atoms with E-state index in [1.54, 1.807) is 39.0 Å². The number of carbonyl (C=O) groups is 3. The minimum atomic E-state index is -0.836. The highest BCUT2D eigenvalue weighted by Crippen LogP contribution is 2.50. The first-order valence-electron chi connectivity index (χ1n) is 18.3. The molecule has 9 rings (SSSR count). The second-order valence-electron chi connectivity index (χ2n) is 16.5. The zero-order valence-electron chi connectivity index (χ0n) is 30.5. The van der Waals surface area contributed by atoms with Crippen molar-refractivity contribution in [3.05, 3.63) is 104 Å². The summed E-state index contributed by atoms with van der Waals surface area (Å²) in [7, 11) is 0. The van der Waals surface area contributed by atoms with Crippen LogP contribution in [0.5, 0.6) is 0 Å². The van der Waals surface area contributed by atoms with Gasteiger partial charge in [0.2, 0.25) is 0 Å². The highest BCUT2D eigenvalue weighted by molar-refractivity contribution is 5.95. The highest BCUT2D eigenvalue weighted by Gasteiger charge is 2.56. The Bertz CT molecular complexity index is 1990. The van der Waals surface area contributed by atoms with Gasteiger partial charge in [-0.15, -0.1) is 0 Å². The van der Waals surface area contributed by atoms with E-state index in [-0.39, 0.29) is 5.97 Å². The largest absolute Gasteiger partial charge is 0.619 e. The maximum atomic E-state index is 11.9. The lowest BCUT2D eigenvalue weighted by Crippen LogP contribution is -2.46. The number of ether oxygens (including phenoxy) is 3. The van der Waals surface area contributed by atoms with E-state index in [0.717, 1.165) is 10.3 Å². The molecular formula is C39H45N3O12. The van der Waals surface area contributed by atoms with Crippen LogP contribution < -0.4 is 14.2 Å². The molecule has 3 aliphatic heterocycles. The normalized spacial score (nSPS) is 34.4. The van der Waals surface area contributed by atoms with Gasteiger partial charge in [0.05, 0.1) is 27.9 Å². The van der Waals surface area contributed by atoms with Crippen molar-refractivity contribution in [3.8, 4) is 0 Å². The Balaban J connectivity index is 0.000000125. The fourth-order valence-electron chi connectivity index (χ4n) is 8.67. The molecule has 3 spiro atoms. The standard InChI is InChI=1S/3C13H15NO4/c1-12(16)3-5-13(6-4-12)10-2-7-14(17)8-9(10)11(15)18-13;1-12(16)3-5-13(6-4-12)10-8-14(17)7-2-9(10)11(15)18-13;1-12(16)4-6-13(7-5-12)10-9(11(15)18-13)3-2-8-14(10)17/h2*2,7-8,16H,3-6H2,1H3;2-3,8,16H,4-7H2,1H3. The second kappa shape index (κ2) is 12.9. The van der Waals surface area contributed by atoms with E-state index in [0.29, 0.717) is 114 Å². The summed E-state index contributed by atoms with van der Waals surface area (Å²) < 4.78 is 18.5. The van der Waals surface area contributed by atoms with Crippen LogP contribution in [0.2, 0.25) is 0 Å². The lowest BCUT2D eigenvalue weighted by Gasteiger charge is -2.39. The number of carbonyl (C=O) groups excluding carboxylic acids is 3. The third-order valence-electron chi connectivity index (χ3n) is 12.2. The van der Waals surface area contributed by atoms with Crippen LogP contribution >= 0.6 is 0 Å². The molecule has 0 unspecified atom stereocenters. The van der Waals surface area contributed by atoms with Crippen LogP contribution in [-0.2, 0) is 31.0 Å². The van der Waals surface area contributed by atoms with Gasteiger partial charge in [-0.2, -0.15) is 14.2 Å². The maximum absolute atomic E-state index is 11.9. The number of rotatable bonds is 0. The van der Waals surface area contributed by atoms with E-state index in [1.807, 2.05) is 0 Å². The molecule has 6 heterocycles. The molecule has 3 N–H and O–H groups in total. The van der Waals surface area contributed by atoms with Crippen molar-refractivity contribution in [2.45, 2.75) is 131 Å². The molecule has 3 saturated carbocycles. The Labute approximate surface area is 311 Å². The second-order valence-corrected chi connectivity index (χ2v) is 16.5. The van der Waals surface area contributed by atoms with Gasteiger partial charge >= 0.3 is 17.9 Å². The van der Waals surface area contributed by atoms with E-state index in [1.165, 1.54) is 37.1 Å². The van der Waals surface area contributed by atoms with Crippen LogP contribution in [0.15, 0.2) is 55.2 Å². The molecular weight excluding hydrogens is 702 g/mol. The van der Waals surface area contributed by atoms with E-state index in [4.69, 9.17) is 14.2 Å². The smallest absolute Gasteiger partial charge is 0.345 e. The molecule has 0 atom stereocenters. The average molecular weight is 748 g/mol. The van der Waals surface area contributed by atoms with Crippen molar-refractivity contribution in [3.63, 3.8) is 0 Å². The number of hydrogen-bond donors (Lipinski definition) is 3. The zero-order chi connectivity index (χ0) is 38.9. The third-order valence-corrected chi connectivity index (χ3v) is 12.2. The van der Waals surface area contributed by atoms with E-state index >= 15 is 0 Å². The number of pyridine rings is 3. The fraction of sp³-hybridized carbons (Fsp3) is 0.538. The van der Waals surface area contributed by atoms with Crippen molar-refractivity contribution in [1.29, 1.82) is 0 Å². The molecule has 0 radical (unpaired) electrons. The van der Waals surface area contributed by atoms with Gasteiger partial charge in [0, 0.05) is 36.6 Å². The molecule has 15 heteroatoms. The number of fused-ring (bicyclic) bond motifs is 6. The molecule has 0 bridgehead atoms. The molecule has 6 aliphatic rings. The number of nitrogens with zero attached hydrogens (tertiary/aromatic N) is 3. The summed E-state index contributed by atoms with van der Waals surface area (Å²) in [4.78, 5) is 35.4. The summed E-state index contributed by atoms with van der Waals surface area (Å²) in [5, 5.41) is 64.5. The number of aliphatic hydroxyl groups is 3. The van der Waals surface area contributed by atoms with Crippen LogP contribution in [0.4, 0.5) is 0 Å². The lowest BCUT2D eigenvalue weighted by atomic mass is 9.74. The molecule has 54 heavy (non-hydrogen) atoms. The number of esters is 3. The molecule has 3 fully saturated rings. The zero-order valence-corrected chi connectivity index (χ0v) is 30.5. The SMILES string of the molecule is CC1(O)CCC2(CC1)OC(=O)c1c[n+]([O-])ccc12.CC1(O)CCC2(CC1)OC(=O)c1cc[n+]([O-])cc12.CC1(O)CCC2(CC1)OC(=O)c1ccc[n+]([O-])c12. The third kappa shape index (κ3) is 6.73. The van der Waals surface area contributed by atoms with Crippen LogP contribution in [0.25, 0.3) is 0 Å². The molecule has 288 valence electrons. The molecule has 3 aromatic heterocycles. The minimum Gasteiger partial charge on any atom is -0.619 e. The molecule has 3 aromatic rings. The first-order chi connectivity index (χ1) is 25.3. The van der Waals surface area contributed by atoms with Crippen molar-refractivity contribution < 1.29 is 58.1 Å². The van der Waals surface area contributed by atoms with Crippen LogP contribution in [0.3, 0.4) is 0 Å². The van der Waals surface area contributed by atoms with Gasteiger partial charge in [0.15, 0.2) is 36.6 Å². The molecule has 0 saturated heterocycles. The molecule has 15 nitrogen and oxygen atoms in total. The molecule has 0 amide bonds. The Morgan fingerprint density at radius 2 is 0.944 bits per heavy atom. The lowest BCUT2D eigenvalue weighted by molar-refractivity contribution is -0.621. The Morgan fingerprint density at radius 3 is 1.50 bits per heavy atom. The highest BCUT2D eigenvalue weighted by atomic mass is 16.6. The first-order valence-corrected chi connectivity index (χ1v) is 18.3. The van der Waals surface area contributed by atoms with Gasteiger partial charge < -0.3 is 45.2 Å². The average Bonchev–Trinajstić information content (AvgIpc) is 3.66. The van der Waals surface area contributed by atoms with E-state index in [2.05, 4.69) is 0 Å². The molecule has 3 aliphatic carbocycles. The summed E-state index contributed by atoms with van der Waals surface area (Å²) in [5.74, 6) is -1.24. The first kappa shape index (κ1) is 37.5. The monoisotopic (exact) mass is 747 g/mol. The maximum Gasteiger partial charge on any atom is 0.345 e. The quantitative estimate of drug-likeness (QED) is 0.131. The summed E-state index contributed by atoms with van der Waals surface area (Å²) >= 11 is 0. The number of hydrogen-bond acceptors (Lipinski definition) is 12. The van der Waals surface area contributed by atoms with Gasteiger partial charge in [-0.1, -0.05) is 0 Å². The molecule has 0 aromatic carbocycles. The summed E-state index contributed by atoms with van der Waals surface area (Å²) in [6.45, 7) is 5.36. The van der Waals surface area contributed by atoms with E-state index in [9.17, 15) is 45.3 Å². The minimum absolute atomic E-state index is 0.356. The van der Waals surface area contributed by atoms with Crippen LogP contribution in [-0.4, -0.2) is 50.0 Å². The predicted molar refractivity (Wildman–Crippen MR) is 185 cm³/mol. The van der Waals surface area contributed by atoms with Crippen molar-refractivity contribution in [1.82, 2.24) is 0 Å². The van der Waals surface area contributed by atoms with Gasteiger partial charge in [0.25, 0.3) is 5.69 Å². The summed E-state index contributed by atoms with van der Waals surface area (Å²) in [6, 6.07) is 6.33. The van der Waals surface area contributed by atoms with Crippen LogP contribution in [0, 0.1) is 15.6 Å². The number of aromatic nitrogens is 3. The predicted octanol–water partition coefficient (Wildman–Crippen LogP) is 3.03. The fourth-order valence-corrected chi connectivity index (χ4v) is 8.67. The summed E-state index contributed by atoms with van der Waals surface area (Å²) in [5.41, 5.74) is -1.25. The Hall–Kier alpha value is -4.86. The van der Waals surface area contributed by atoms with Gasteiger partial charge in [-0.3, -0.25) is 0 Å². The van der Waals surface area contributed by atoms with Gasteiger partial charge in [-0.25, -0.2) is 14.4 Å². The van der Waals surface area contributed by atoms with Crippen molar-refractivity contribution >= 4 is 17.9 Å². The topological polar surface area (TPSA) is 220 Å². The van der Waals surface area contributed by atoms with Crippen LogP contribution in [0.1, 0.15) is 146 Å². The summed E-state index contributed by atoms with van der Waals surface area (Å²) in [6.07, 6.45) is 13.4. The van der Waals surface area contributed by atoms with E-state index < -0.39 is 45.5 Å². The Morgan fingerprint density at radius 1 is 0.519 bits per heavy atom.